The van der Waals surface area contributed by atoms with Crippen LogP contribution in [0.25, 0.3) is 0 Å². The molecule has 1 N–H and O–H groups in total. The van der Waals surface area contributed by atoms with E-state index in [2.05, 4.69) is 15.2 Å². The Kier molecular flexibility index (Phi) is 6.57. The summed E-state index contributed by atoms with van der Waals surface area (Å²) < 4.78 is 10.8. The molecule has 2 heterocycles. The highest BCUT2D eigenvalue weighted by Crippen LogP contribution is 2.28. The number of aromatic nitrogens is 1. The Labute approximate surface area is 144 Å². The first-order chi connectivity index (χ1) is 11.5. The Balaban J connectivity index is 2.13. The Morgan fingerprint density at radius 3 is 2.62 bits per heavy atom. The molecule has 0 aromatic carbocycles. The zero-order valence-electron chi connectivity index (χ0n) is 15.2. The molecule has 24 heavy (non-hydrogen) atoms. The summed E-state index contributed by atoms with van der Waals surface area (Å²) in [6.07, 6.45) is 3.28. The number of hydrogen-bond acceptors (Lipinski definition) is 5. The van der Waals surface area contributed by atoms with Gasteiger partial charge in [0, 0.05) is 30.6 Å². The lowest BCUT2D eigenvalue weighted by molar-refractivity contribution is -0.125. The summed E-state index contributed by atoms with van der Waals surface area (Å²) in [4.78, 5) is 19.2. The second-order valence-corrected chi connectivity index (χ2v) is 6.49. The van der Waals surface area contributed by atoms with Gasteiger partial charge >= 0.3 is 0 Å². The van der Waals surface area contributed by atoms with Crippen LogP contribution in [0.5, 0.6) is 5.75 Å². The largest absolute Gasteiger partial charge is 0.495 e. The van der Waals surface area contributed by atoms with Gasteiger partial charge in [-0.1, -0.05) is 20.8 Å². The maximum Gasteiger partial charge on any atom is 0.231 e. The summed E-state index contributed by atoms with van der Waals surface area (Å²) in [6.45, 7) is 10.1. The highest BCUT2D eigenvalue weighted by atomic mass is 16.5. The molecule has 1 aromatic rings. The van der Waals surface area contributed by atoms with Gasteiger partial charge in [0.2, 0.25) is 5.91 Å². The number of hydrogen-bond donors (Lipinski definition) is 1. The van der Waals surface area contributed by atoms with Crippen molar-refractivity contribution in [1.29, 1.82) is 0 Å². The monoisotopic (exact) mass is 335 g/mol. The fourth-order valence-corrected chi connectivity index (χ4v) is 2.70. The van der Waals surface area contributed by atoms with Crippen LogP contribution in [0.2, 0.25) is 0 Å². The number of morpholine rings is 1. The van der Waals surface area contributed by atoms with E-state index in [4.69, 9.17) is 9.47 Å². The molecular formula is C18H29N3O3. The third-order valence-corrected chi connectivity index (χ3v) is 5.02. The van der Waals surface area contributed by atoms with Gasteiger partial charge in [0.15, 0.2) is 0 Å². The van der Waals surface area contributed by atoms with Crippen LogP contribution < -0.4 is 10.1 Å². The van der Waals surface area contributed by atoms with Crippen molar-refractivity contribution in [1.82, 2.24) is 9.88 Å². The zero-order chi connectivity index (χ0) is 17.6. The van der Waals surface area contributed by atoms with E-state index in [1.165, 1.54) is 0 Å². The maximum absolute atomic E-state index is 12.5. The number of carbonyl (C=O) groups excluding carboxylic acids is 1. The molecule has 1 fully saturated rings. The number of rotatable bonds is 7. The second-order valence-electron chi connectivity index (χ2n) is 6.49. The number of methoxy groups -OCH3 is 1. The fourth-order valence-electron chi connectivity index (χ4n) is 2.70. The van der Waals surface area contributed by atoms with Gasteiger partial charge in [0.05, 0.1) is 26.5 Å². The van der Waals surface area contributed by atoms with Gasteiger partial charge in [0.25, 0.3) is 0 Å². The van der Waals surface area contributed by atoms with Crippen LogP contribution in [0.4, 0.5) is 5.82 Å². The Morgan fingerprint density at radius 1 is 1.38 bits per heavy atom. The van der Waals surface area contributed by atoms with Crippen LogP contribution in [-0.4, -0.2) is 49.2 Å². The van der Waals surface area contributed by atoms with Crippen molar-refractivity contribution in [3.63, 3.8) is 0 Å². The normalized spacial score (nSPS) is 16.0. The Bertz CT molecular complexity index is 552. The number of amides is 1. The molecule has 6 nitrogen and oxygen atoms in total. The fraction of sp³-hybridized carbons (Fsp3) is 0.667. The molecular weight excluding hydrogens is 306 g/mol. The molecule has 1 aliphatic heterocycles. The van der Waals surface area contributed by atoms with E-state index in [9.17, 15) is 4.79 Å². The molecule has 1 aliphatic rings. The standard InChI is InChI=1S/C18H29N3O3/c1-5-18(3,6-2)17(22)20-16-11-14(15(23-4)12-19-16)13-21-7-9-24-10-8-21/h11-12H,5-10,13H2,1-4H3,(H,19,20,22). The van der Waals surface area contributed by atoms with Crippen LogP contribution in [0.1, 0.15) is 39.2 Å². The maximum atomic E-state index is 12.5. The van der Waals surface area contributed by atoms with Crippen molar-refractivity contribution >= 4 is 11.7 Å². The first kappa shape index (κ1) is 18.7. The van der Waals surface area contributed by atoms with E-state index >= 15 is 0 Å². The van der Waals surface area contributed by atoms with Crippen molar-refractivity contribution < 1.29 is 14.3 Å². The highest BCUT2D eigenvalue weighted by Gasteiger charge is 2.29. The van der Waals surface area contributed by atoms with Crippen LogP contribution in [0.15, 0.2) is 12.3 Å². The predicted octanol–water partition coefficient (Wildman–Crippen LogP) is 2.69. The van der Waals surface area contributed by atoms with E-state index in [0.29, 0.717) is 5.82 Å². The lowest BCUT2D eigenvalue weighted by Crippen LogP contribution is -2.36. The molecule has 1 aromatic heterocycles. The van der Waals surface area contributed by atoms with Crippen molar-refractivity contribution in [3.8, 4) is 5.75 Å². The smallest absolute Gasteiger partial charge is 0.231 e. The van der Waals surface area contributed by atoms with Crippen molar-refractivity contribution in [2.75, 3.05) is 38.7 Å². The average Bonchev–Trinajstić information content (AvgIpc) is 2.62. The van der Waals surface area contributed by atoms with E-state index in [1.54, 1.807) is 13.3 Å². The molecule has 1 saturated heterocycles. The van der Waals surface area contributed by atoms with Gasteiger partial charge in [-0.15, -0.1) is 0 Å². The number of pyridine rings is 1. The Hall–Kier alpha value is -1.66. The van der Waals surface area contributed by atoms with Crippen molar-refractivity contribution in [2.45, 2.75) is 40.2 Å². The van der Waals surface area contributed by atoms with Crippen LogP contribution in [-0.2, 0) is 16.1 Å². The molecule has 0 atom stereocenters. The minimum absolute atomic E-state index is 0.0162. The number of nitrogens with one attached hydrogen (secondary N) is 1. The summed E-state index contributed by atoms with van der Waals surface area (Å²) in [6, 6.07) is 1.91. The van der Waals surface area contributed by atoms with Gasteiger partial charge < -0.3 is 14.8 Å². The molecule has 1 amide bonds. The average molecular weight is 335 g/mol. The highest BCUT2D eigenvalue weighted by molar-refractivity contribution is 5.94. The van der Waals surface area contributed by atoms with Gasteiger partial charge in [-0.05, 0) is 18.9 Å². The van der Waals surface area contributed by atoms with Crippen molar-refractivity contribution in [2.24, 2.45) is 5.41 Å². The molecule has 0 spiro atoms. The molecule has 6 heteroatoms. The minimum Gasteiger partial charge on any atom is -0.495 e. The second kappa shape index (κ2) is 8.44. The molecule has 0 unspecified atom stereocenters. The predicted molar refractivity (Wildman–Crippen MR) is 94.2 cm³/mol. The Morgan fingerprint density at radius 2 is 2.04 bits per heavy atom. The quantitative estimate of drug-likeness (QED) is 0.830. The lowest BCUT2D eigenvalue weighted by atomic mass is 9.84. The minimum atomic E-state index is -0.369. The van der Waals surface area contributed by atoms with Gasteiger partial charge in [-0.2, -0.15) is 0 Å². The van der Waals surface area contributed by atoms with Crippen LogP contribution in [0, 0.1) is 5.41 Å². The molecule has 0 bridgehead atoms. The summed E-state index contributed by atoms with van der Waals surface area (Å²) in [7, 11) is 1.64. The van der Waals surface area contributed by atoms with Crippen molar-refractivity contribution in [3.05, 3.63) is 17.8 Å². The van der Waals surface area contributed by atoms with Crippen LogP contribution >= 0.6 is 0 Å². The SMILES string of the molecule is CCC(C)(CC)C(=O)Nc1cc(CN2CCOCC2)c(OC)cn1. The summed E-state index contributed by atoms with van der Waals surface area (Å²) >= 11 is 0. The van der Waals surface area contributed by atoms with Gasteiger partial charge in [-0.25, -0.2) is 4.98 Å². The lowest BCUT2D eigenvalue weighted by Gasteiger charge is -2.27. The van der Waals surface area contributed by atoms with E-state index in [1.807, 2.05) is 26.8 Å². The molecule has 134 valence electrons. The summed E-state index contributed by atoms with van der Waals surface area (Å²) in [5.74, 6) is 1.34. The van der Waals surface area contributed by atoms with Gasteiger partial charge in [0.1, 0.15) is 11.6 Å². The third-order valence-electron chi connectivity index (χ3n) is 5.02. The number of ether oxygens (including phenoxy) is 2. The summed E-state index contributed by atoms with van der Waals surface area (Å²) in [5, 5.41) is 2.96. The van der Waals surface area contributed by atoms with Crippen LogP contribution in [0.3, 0.4) is 0 Å². The number of carbonyl (C=O) groups is 1. The van der Waals surface area contributed by atoms with E-state index < -0.39 is 0 Å². The van der Waals surface area contributed by atoms with Gasteiger partial charge in [-0.3, -0.25) is 9.69 Å². The molecule has 0 saturated carbocycles. The number of anilines is 1. The molecule has 0 aliphatic carbocycles. The summed E-state index contributed by atoms with van der Waals surface area (Å²) in [5.41, 5.74) is 0.658. The molecule has 2 rings (SSSR count). The van der Waals surface area contributed by atoms with E-state index in [-0.39, 0.29) is 11.3 Å². The first-order valence-corrected chi connectivity index (χ1v) is 8.67. The number of nitrogens with zero attached hydrogens (tertiary/aromatic N) is 2. The first-order valence-electron chi connectivity index (χ1n) is 8.67. The zero-order valence-corrected chi connectivity index (χ0v) is 15.2. The third kappa shape index (κ3) is 4.45. The topological polar surface area (TPSA) is 63.7 Å². The molecule has 0 radical (unpaired) electrons. The van der Waals surface area contributed by atoms with E-state index in [0.717, 1.165) is 57.0 Å².